The Kier molecular flexibility index (Phi) is 9.16. The van der Waals surface area contributed by atoms with Gasteiger partial charge in [-0.2, -0.15) is 0 Å². The summed E-state index contributed by atoms with van der Waals surface area (Å²) in [6.07, 6.45) is 4.52. The van der Waals surface area contributed by atoms with Crippen LogP contribution in [-0.4, -0.2) is 20.7 Å². The van der Waals surface area contributed by atoms with Gasteiger partial charge in [0.2, 0.25) is 0 Å². The number of aromatic nitrogens is 3. The number of nitrogens with one attached hydrogen (secondary N) is 1. The van der Waals surface area contributed by atoms with Gasteiger partial charge in [-0.05, 0) is 34.9 Å². The predicted molar refractivity (Wildman–Crippen MR) is 233 cm³/mol. The summed E-state index contributed by atoms with van der Waals surface area (Å²) in [6, 6.07) is 53.2. The minimum Gasteiger partial charge on any atom is -0.397 e. The quantitative estimate of drug-likeness (QED) is 0.166. The molecule has 3 aromatic heterocycles. The summed E-state index contributed by atoms with van der Waals surface area (Å²) < 4.78 is 2.40. The number of allylic oxidation sites excluding steroid dienone is 1. The summed E-state index contributed by atoms with van der Waals surface area (Å²) in [5.41, 5.74) is 15.0. The molecular formula is C48H35N5S2. The van der Waals surface area contributed by atoms with Crippen molar-refractivity contribution in [1.82, 2.24) is 15.0 Å². The zero-order chi connectivity index (χ0) is 37.3. The highest BCUT2D eigenvalue weighted by molar-refractivity contribution is 7.22. The third-order valence-corrected chi connectivity index (χ3v) is 12.2. The number of nitrogens with zero attached hydrogens (tertiary/aromatic N) is 3. The lowest BCUT2D eigenvalue weighted by Gasteiger charge is -2.11. The third-order valence-electron chi connectivity index (χ3n) is 9.85. The minimum absolute atomic E-state index is 0.380. The summed E-state index contributed by atoms with van der Waals surface area (Å²) >= 11 is 3.42. The van der Waals surface area contributed by atoms with Crippen molar-refractivity contribution in [1.29, 1.82) is 5.41 Å². The van der Waals surface area contributed by atoms with E-state index in [1.807, 2.05) is 90.2 Å². The normalized spacial score (nSPS) is 13.1. The maximum atomic E-state index is 8.27. The molecule has 10 rings (SSSR count). The molecule has 0 amide bonds. The molecular weight excluding hydrogens is 711 g/mol. The molecule has 6 aromatic carbocycles. The maximum Gasteiger partial charge on any atom is 0.164 e. The number of nitrogens with two attached hydrogens (primary N) is 1. The molecule has 3 N–H and O–H groups in total. The van der Waals surface area contributed by atoms with E-state index in [2.05, 4.69) is 97.9 Å². The number of nitrogen functional groups attached to an aromatic ring is 1. The standard InChI is InChI=1S/C33H23N3S.C15H12N2S/c1-21-15-20-28-29(21)30-26(13-8-14-27(30)37-28)33-35-31(24-11-6-3-7-12-24)34-32(36-33)25-18-16-23(17-19-25)22-9-4-2-5-10-22;16-13(10-6-2-1-3-7-10)15-14(17)11-8-4-5-9-12(11)18-15/h2-21H,1H3;1-9,16H,17H2. The minimum atomic E-state index is 0.380. The Morgan fingerprint density at radius 1 is 0.564 bits per heavy atom. The molecule has 0 fully saturated rings. The van der Waals surface area contributed by atoms with Gasteiger partial charge < -0.3 is 5.73 Å². The first-order chi connectivity index (χ1) is 27.0. The highest BCUT2D eigenvalue weighted by atomic mass is 32.1. The van der Waals surface area contributed by atoms with Crippen molar-refractivity contribution in [3.05, 3.63) is 185 Å². The zero-order valence-electron chi connectivity index (χ0n) is 30.0. The van der Waals surface area contributed by atoms with Gasteiger partial charge in [0.15, 0.2) is 17.5 Å². The van der Waals surface area contributed by atoms with Crippen LogP contribution >= 0.6 is 22.7 Å². The monoisotopic (exact) mass is 745 g/mol. The Bertz CT molecular complexity index is 2840. The van der Waals surface area contributed by atoms with Gasteiger partial charge in [-0.3, -0.25) is 5.41 Å². The van der Waals surface area contributed by atoms with E-state index >= 15 is 0 Å². The van der Waals surface area contributed by atoms with Gasteiger partial charge in [-0.1, -0.05) is 159 Å². The van der Waals surface area contributed by atoms with E-state index in [-0.39, 0.29) is 0 Å². The van der Waals surface area contributed by atoms with Crippen LogP contribution in [0.1, 0.15) is 33.7 Å². The van der Waals surface area contributed by atoms with Gasteiger partial charge in [0.05, 0.1) is 16.3 Å². The van der Waals surface area contributed by atoms with Crippen LogP contribution in [-0.2, 0) is 0 Å². The molecule has 0 radical (unpaired) electrons. The topological polar surface area (TPSA) is 88.5 Å². The van der Waals surface area contributed by atoms with Crippen molar-refractivity contribution in [2.45, 2.75) is 12.8 Å². The number of hydrogen-bond donors (Lipinski definition) is 2. The molecule has 1 aliphatic carbocycles. The molecule has 264 valence electrons. The lowest BCUT2D eigenvalue weighted by atomic mass is 9.98. The first kappa shape index (κ1) is 34.2. The molecule has 0 aliphatic heterocycles. The van der Waals surface area contributed by atoms with Crippen LogP contribution in [0.3, 0.4) is 0 Å². The van der Waals surface area contributed by atoms with Gasteiger partial charge >= 0.3 is 0 Å². The predicted octanol–water partition coefficient (Wildman–Crippen LogP) is 12.8. The van der Waals surface area contributed by atoms with Crippen molar-refractivity contribution in [3.8, 4) is 45.3 Å². The SMILES string of the molecule is CC1C=Cc2sc3cccc(-c4nc(-c5ccccc5)nc(-c5ccc(-c6ccccc6)cc5)n4)c3c21.N=C(c1ccccc1)c1sc2ccccc2c1N. The van der Waals surface area contributed by atoms with Crippen molar-refractivity contribution in [2.75, 3.05) is 5.73 Å². The second kappa shape index (κ2) is 14.7. The van der Waals surface area contributed by atoms with E-state index in [4.69, 9.17) is 26.1 Å². The summed E-state index contributed by atoms with van der Waals surface area (Å²) in [5.74, 6) is 2.45. The molecule has 1 aliphatic rings. The second-order valence-corrected chi connectivity index (χ2v) is 15.5. The molecule has 3 heterocycles. The average molecular weight is 746 g/mol. The van der Waals surface area contributed by atoms with E-state index in [9.17, 15) is 0 Å². The van der Waals surface area contributed by atoms with E-state index in [1.54, 1.807) is 11.3 Å². The number of fused-ring (bicyclic) bond motifs is 4. The molecule has 0 bridgehead atoms. The summed E-state index contributed by atoms with van der Waals surface area (Å²) in [7, 11) is 0. The fourth-order valence-corrected chi connectivity index (χ4v) is 9.40. The van der Waals surface area contributed by atoms with E-state index in [0.29, 0.717) is 34.8 Å². The molecule has 0 saturated carbocycles. The van der Waals surface area contributed by atoms with Crippen molar-refractivity contribution in [3.63, 3.8) is 0 Å². The van der Waals surface area contributed by atoms with E-state index in [0.717, 1.165) is 37.2 Å². The number of hydrogen-bond acceptors (Lipinski definition) is 7. The lowest BCUT2D eigenvalue weighted by molar-refractivity contribution is 1.01. The maximum absolute atomic E-state index is 8.27. The van der Waals surface area contributed by atoms with Gasteiger partial charge in [0.1, 0.15) is 0 Å². The Morgan fingerprint density at radius 2 is 1.11 bits per heavy atom. The van der Waals surface area contributed by atoms with Crippen LogP contribution < -0.4 is 5.73 Å². The third kappa shape index (κ3) is 6.65. The summed E-state index contributed by atoms with van der Waals surface area (Å²) in [5, 5.41) is 10.6. The van der Waals surface area contributed by atoms with Crippen LogP contribution in [0.2, 0.25) is 0 Å². The molecule has 0 spiro atoms. The van der Waals surface area contributed by atoms with Gasteiger partial charge in [0, 0.05) is 53.2 Å². The number of rotatable bonds is 6. The Hall–Kier alpha value is -6.54. The lowest BCUT2D eigenvalue weighted by Crippen LogP contribution is -2.01. The zero-order valence-corrected chi connectivity index (χ0v) is 31.6. The first-order valence-corrected chi connectivity index (χ1v) is 19.8. The summed E-state index contributed by atoms with van der Waals surface area (Å²) in [4.78, 5) is 17.2. The average Bonchev–Trinajstić information content (AvgIpc) is 3.93. The van der Waals surface area contributed by atoms with Crippen LogP contribution in [0, 0.1) is 5.41 Å². The largest absolute Gasteiger partial charge is 0.397 e. The number of thiophene rings is 2. The second-order valence-electron chi connectivity index (χ2n) is 13.4. The van der Waals surface area contributed by atoms with Crippen molar-refractivity contribution >= 4 is 60.3 Å². The molecule has 1 unspecified atom stereocenters. The molecule has 9 aromatic rings. The van der Waals surface area contributed by atoms with E-state index in [1.165, 1.54) is 31.7 Å². The van der Waals surface area contributed by atoms with Gasteiger partial charge in [-0.25, -0.2) is 15.0 Å². The number of benzene rings is 6. The number of anilines is 1. The van der Waals surface area contributed by atoms with Gasteiger partial charge in [-0.15, -0.1) is 22.7 Å². The Balaban J connectivity index is 0.000000185. The fourth-order valence-electron chi connectivity index (χ4n) is 7.05. The van der Waals surface area contributed by atoms with E-state index < -0.39 is 0 Å². The fraction of sp³-hybridized carbons (Fsp3) is 0.0417. The highest BCUT2D eigenvalue weighted by Crippen LogP contribution is 2.45. The van der Waals surface area contributed by atoms with Crippen LogP contribution in [0.4, 0.5) is 5.69 Å². The smallest absolute Gasteiger partial charge is 0.164 e. The van der Waals surface area contributed by atoms with Crippen LogP contribution in [0.15, 0.2) is 164 Å². The highest BCUT2D eigenvalue weighted by Gasteiger charge is 2.24. The Labute approximate surface area is 327 Å². The van der Waals surface area contributed by atoms with Crippen LogP contribution in [0.5, 0.6) is 0 Å². The first-order valence-electron chi connectivity index (χ1n) is 18.1. The molecule has 1 atom stereocenters. The van der Waals surface area contributed by atoms with Crippen molar-refractivity contribution < 1.29 is 0 Å². The van der Waals surface area contributed by atoms with Crippen molar-refractivity contribution in [2.24, 2.45) is 0 Å². The molecule has 5 nitrogen and oxygen atoms in total. The molecule has 55 heavy (non-hydrogen) atoms. The molecule has 0 saturated heterocycles. The van der Waals surface area contributed by atoms with Gasteiger partial charge in [0.25, 0.3) is 0 Å². The summed E-state index contributed by atoms with van der Waals surface area (Å²) in [6.45, 7) is 2.26. The van der Waals surface area contributed by atoms with Crippen LogP contribution in [0.25, 0.3) is 71.5 Å². The molecule has 7 heteroatoms. The Morgan fingerprint density at radius 3 is 1.80 bits per heavy atom.